The standard InChI is InChI=1S/C13H9ClFNOS/c1-8(17)10-7-9(15)4-5-12(10)18-13-11(14)3-2-6-16-13/h2-7H,1H3. The van der Waals surface area contributed by atoms with E-state index in [1.165, 1.54) is 30.8 Å². The van der Waals surface area contributed by atoms with Gasteiger partial charge in [0.25, 0.3) is 0 Å². The molecular formula is C13H9ClFNOS. The third-order valence-corrected chi connectivity index (χ3v) is 3.76. The van der Waals surface area contributed by atoms with E-state index in [9.17, 15) is 9.18 Å². The van der Waals surface area contributed by atoms with Gasteiger partial charge in [-0.1, -0.05) is 23.4 Å². The van der Waals surface area contributed by atoms with Crippen LogP contribution in [0, 0.1) is 5.82 Å². The lowest BCUT2D eigenvalue weighted by Crippen LogP contribution is -1.96. The molecule has 1 aromatic heterocycles. The van der Waals surface area contributed by atoms with E-state index in [2.05, 4.69) is 4.98 Å². The van der Waals surface area contributed by atoms with Gasteiger partial charge in [-0.25, -0.2) is 9.37 Å². The van der Waals surface area contributed by atoms with Crippen molar-refractivity contribution in [1.82, 2.24) is 4.98 Å². The molecule has 18 heavy (non-hydrogen) atoms. The van der Waals surface area contributed by atoms with Crippen LogP contribution in [-0.4, -0.2) is 10.8 Å². The maximum absolute atomic E-state index is 13.1. The summed E-state index contributed by atoms with van der Waals surface area (Å²) in [4.78, 5) is 16.2. The Kier molecular flexibility index (Phi) is 3.99. The second kappa shape index (κ2) is 5.50. The maximum atomic E-state index is 13.1. The topological polar surface area (TPSA) is 30.0 Å². The van der Waals surface area contributed by atoms with Crippen LogP contribution in [0.2, 0.25) is 5.02 Å². The van der Waals surface area contributed by atoms with Crippen LogP contribution in [0.4, 0.5) is 4.39 Å². The normalized spacial score (nSPS) is 10.4. The molecule has 92 valence electrons. The molecule has 0 saturated heterocycles. The summed E-state index contributed by atoms with van der Waals surface area (Å²) in [5, 5.41) is 1.09. The lowest BCUT2D eigenvalue weighted by molar-refractivity contribution is 0.101. The summed E-state index contributed by atoms with van der Waals surface area (Å²) in [5.41, 5.74) is 0.335. The molecule has 0 aliphatic carbocycles. The summed E-state index contributed by atoms with van der Waals surface area (Å²) in [6.07, 6.45) is 1.62. The molecule has 0 spiro atoms. The first kappa shape index (κ1) is 13.1. The third kappa shape index (κ3) is 2.89. The SMILES string of the molecule is CC(=O)c1cc(F)ccc1Sc1ncccc1Cl. The highest BCUT2D eigenvalue weighted by Crippen LogP contribution is 2.33. The number of pyridine rings is 1. The van der Waals surface area contributed by atoms with Crippen molar-refractivity contribution in [2.75, 3.05) is 0 Å². The Hall–Kier alpha value is -1.39. The monoisotopic (exact) mass is 281 g/mol. The predicted octanol–water partition coefficient (Wildman–Crippen LogP) is 4.23. The zero-order chi connectivity index (χ0) is 13.1. The van der Waals surface area contributed by atoms with Crippen LogP contribution in [0.15, 0.2) is 46.5 Å². The number of aromatic nitrogens is 1. The fourth-order valence-electron chi connectivity index (χ4n) is 1.42. The van der Waals surface area contributed by atoms with Crippen molar-refractivity contribution in [3.63, 3.8) is 0 Å². The molecule has 0 aliphatic heterocycles. The number of ketones is 1. The Bertz CT molecular complexity index is 603. The fraction of sp³-hybridized carbons (Fsp3) is 0.0769. The Balaban J connectivity index is 2.41. The molecule has 0 bridgehead atoms. The van der Waals surface area contributed by atoms with Crippen LogP contribution in [0.1, 0.15) is 17.3 Å². The molecular weight excluding hydrogens is 273 g/mol. The molecule has 0 N–H and O–H groups in total. The van der Waals surface area contributed by atoms with Gasteiger partial charge in [0, 0.05) is 16.7 Å². The molecule has 0 amide bonds. The summed E-state index contributed by atoms with van der Waals surface area (Å²) in [7, 11) is 0. The average Bonchev–Trinajstić information content (AvgIpc) is 2.34. The predicted molar refractivity (Wildman–Crippen MR) is 69.8 cm³/mol. The molecule has 2 rings (SSSR count). The molecule has 0 saturated carbocycles. The molecule has 0 fully saturated rings. The van der Waals surface area contributed by atoms with Crippen molar-refractivity contribution < 1.29 is 9.18 Å². The van der Waals surface area contributed by atoms with Crippen LogP contribution >= 0.6 is 23.4 Å². The maximum Gasteiger partial charge on any atom is 0.161 e. The highest BCUT2D eigenvalue weighted by atomic mass is 35.5. The first-order chi connectivity index (χ1) is 8.58. The minimum Gasteiger partial charge on any atom is -0.294 e. The van der Waals surface area contributed by atoms with Crippen molar-refractivity contribution >= 4 is 29.1 Å². The molecule has 0 aliphatic rings. The summed E-state index contributed by atoms with van der Waals surface area (Å²) in [6.45, 7) is 1.40. The van der Waals surface area contributed by atoms with Gasteiger partial charge in [0.2, 0.25) is 0 Å². The first-order valence-corrected chi connectivity index (χ1v) is 6.36. The molecule has 0 radical (unpaired) electrons. The van der Waals surface area contributed by atoms with E-state index >= 15 is 0 Å². The van der Waals surface area contributed by atoms with E-state index in [0.717, 1.165) is 0 Å². The van der Waals surface area contributed by atoms with Gasteiger partial charge < -0.3 is 0 Å². The first-order valence-electron chi connectivity index (χ1n) is 5.17. The van der Waals surface area contributed by atoms with E-state index < -0.39 is 5.82 Å². The number of carbonyl (C=O) groups is 1. The number of Topliss-reactive ketones (excluding diaryl/α,β-unsaturated/α-hetero) is 1. The van der Waals surface area contributed by atoms with Gasteiger partial charge in [-0.3, -0.25) is 4.79 Å². The Labute approximate surface area is 113 Å². The van der Waals surface area contributed by atoms with Crippen LogP contribution in [-0.2, 0) is 0 Å². The Morgan fingerprint density at radius 3 is 2.83 bits per heavy atom. The summed E-state index contributed by atoms with van der Waals surface area (Å²) >= 11 is 7.24. The van der Waals surface area contributed by atoms with Crippen molar-refractivity contribution in [3.8, 4) is 0 Å². The van der Waals surface area contributed by atoms with Gasteiger partial charge in [0.05, 0.1) is 5.02 Å². The Morgan fingerprint density at radius 1 is 1.39 bits per heavy atom. The van der Waals surface area contributed by atoms with Crippen molar-refractivity contribution in [3.05, 3.63) is 52.9 Å². The van der Waals surface area contributed by atoms with Crippen LogP contribution in [0.5, 0.6) is 0 Å². The summed E-state index contributed by atoms with van der Waals surface area (Å²) in [5.74, 6) is -0.624. The van der Waals surface area contributed by atoms with Crippen molar-refractivity contribution in [1.29, 1.82) is 0 Å². The van der Waals surface area contributed by atoms with Crippen molar-refractivity contribution in [2.24, 2.45) is 0 Å². The van der Waals surface area contributed by atoms with E-state index in [1.807, 2.05) is 0 Å². The quantitative estimate of drug-likeness (QED) is 0.789. The molecule has 2 aromatic rings. The highest BCUT2D eigenvalue weighted by Gasteiger charge is 2.12. The number of rotatable bonds is 3. The number of nitrogens with zero attached hydrogens (tertiary/aromatic N) is 1. The zero-order valence-corrected chi connectivity index (χ0v) is 11.1. The van der Waals surface area contributed by atoms with Gasteiger partial charge in [-0.05, 0) is 37.3 Å². The van der Waals surface area contributed by atoms with E-state index in [0.29, 0.717) is 20.5 Å². The second-order valence-corrected chi connectivity index (χ2v) is 5.03. The van der Waals surface area contributed by atoms with Crippen molar-refractivity contribution in [2.45, 2.75) is 16.8 Å². The number of halogens is 2. The largest absolute Gasteiger partial charge is 0.294 e. The van der Waals surface area contributed by atoms with Crippen LogP contribution < -0.4 is 0 Å². The summed E-state index contributed by atoms with van der Waals surface area (Å²) in [6, 6.07) is 7.53. The molecule has 2 nitrogen and oxygen atoms in total. The highest BCUT2D eigenvalue weighted by molar-refractivity contribution is 7.99. The van der Waals surface area contributed by atoms with Gasteiger partial charge in [-0.2, -0.15) is 0 Å². The number of carbonyl (C=O) groups excluding carboxylic acids is 1. The summed E-state index contributed by atoms with van der Waals surface area (Å²) < 4.78 is 13.1. The van der Waals surface area contributed by atoms with Crippen LogP contribution in [0.25, 0.3) is 0 Å². The molecule has 0 atom stereocenters. The fourth-order valence-corrected chi connectivity index (χ4v) is 2.59. The second-order valence-electron chi connectivity index (χ2n) is 3.59. The van der Waals surface area contributed by atoms with Gasteiger partial charge in [-0.15, -0.1) is 0 Å². The molecule has 1 heterocycles. The lowest BCUT2D eigenvalue weighted by Gasteiger charge is -2.07. The number of hydrogen-bond acceptors (Lipinski definition) is 3. The smallest absolute Gasteiger partial charge is 0.161 e. The molecule has 1 aromatic carbocycles. The zero-order valence-electron chi connectivity index (χ0n) is 9.48. The molecule has 5 heteroatoms. The van der Waals surface area contributed by atoms with E-state index in [-0.39, 0.29) is 5.78 Å². The Morgan fingerprint density at radius 2 is 2.17 bits per heavy atom. The number of benzene rings is 1. The van der Waals surface area contributed by atoms with Gasteiger partial charge in [0.15, 0.2) is 5.78 Å². The van der Waals surface area contributed by atoms with E-state index in [4.69, 9.17) is 11.6 Å². The molecule has 0 unspecified atom stereocenters. The minimum absolute atomic E-state index is 0.191. The van der Waals surface area contributed by atoms with Gasteiger partial charge >= 0.3 is 0 Å². The number of hydrogen-bond donors (Lipinski definition) is 0. The van der Waals surface area contributed by atoms with Gasteiger partial charge in [0.1, 0.15) is 10.8 Å². The van der Waals surface area contributed by atoms with E-state index in [1.54, 1.807) is 24.4 Å². The van der Waals surface area contributed by atoms with Crippen LogP contribution in [0.3, 0.4) is 0 Å². The minimum atomic E-state index is -0.434. The third-order valence-electron chi connectivity index (χ3n) is 2.25. The lowest BCUT2D eigenvalue weighted by atomic mass is 10.1. The average molecular weight is 282 g/mol.